The molecule has 2 aromatic carbocycles. The van der Waals surface area contributed by atoms with Crippen LogP contribution < -0.4 is 10.1 Å². The second kappa shape index (κ2) is 9.95. The maximum Gasteiger partial charge on any atom is 0.248 e. The van der Waals surface area contributed by atoms with E-state index in [-0.39, 0.29) is 15.9 Å². The highest BCUT2D eigenvalue weighted by Crippen LogP contribution is 2.30. The Labute approximate surface area is 192 Å². The van der Waals surface area contributed by atoms with Gasteiger partial charge in [-0.05, 0) is 66.9 Å². The van der Waals surface area contributed by atoms with E-state index in [0.29, 0.717) is 29.8 Å². The lowest BCUT2D eigenvalue weighted by molar-refractivity contribution is -0.111. The lowest BCUT2D eigenvalue weighted by atomic mass is 10.2. The highest BCUT2D eigenvalue weighted by Gasteiger charge is 2.30. The molecule has 1 amide bonds. The molecule has 1 aliphatic carbocycles. The number of amides is 1. The molecule has 1 heterocycles. The van der Waals surface area contributed by atoms with E-state index in [4.69, 9.17) is 4.74 Å². The molecule has 0 bridgehead atoms. The number of benzene rings is 2. The lowest BCUT2D eigenvalue weighted by Gasteiger charge is -2.12. The number of rotatable bonds is 7. The highest BCUT2D eigenvalue weighted by atomic mass is 32.2. The minimum Gasteiger partial charge on any atom is -0.453 e. The molecule has 1 aromatic heterocycles. The third-order valence-corrected chi connectivity index (χ3v) is 7.68. The monoisotopic (exact) mass is 466 g/mol. The van der Waals surface area contributed by atoms with Crippen molar-refractivity contribution in [1.29, 1.82) is 0 Å². The maximum atomic E-state index is 14.4. The number of carbonyl (C=O) groups is 1. The van der Waals surface area contributed by atoms with Crippen LogP contribution in [0.15, 0.2) is 78.0 Å². The smallest absolute Gasteiger partial charge is 0.248 e. The molecule has 4 rings (SSSR count). The fraction of sp³-hybridized carbons (Fsp3) is 0.200. The van der Waals surface area contributed by atoms with Gasteiger partial charge in [0, 0.05) is 18.0 Å². The Hall–Kier alpha value is -3.52. The third-order valence-electron chi connectivity index (χ3n) is 5.42. The largest absolute Gasteiger partial charge is 0.453 e. The van der Waals surface area contributed by atoms with Crippen LogP contribution >= 0.6 is 0 Å². The molecule has 1 saturated carbocycles. The topological polar surface area (TPSA) is 85.4 Å². The van der Waals surface area contributed by atoms with Crippen molar-refractivity contribution in [2.45, 2.75) is 35.8 Å². The van der Waals surface area contributed by atoms with Gasteiger partial charge in [0.25, 0.3) is 0 Å². The molecule has 6 nitrogen and oxygen atoms in total. The van der Waals surface area contributed by atoms with E-state index in [2.05, 4.69) is 10.3 Å². The zero-order chi connectivity index (χ0) is 23.3. The van der Waals surface area contributed by atoms with Gasteiger partial charge in [-0.2, -0.15) is 0 Å². The fourth-order valence-electron chi connectivity index (χ4n) is 3.74. The summed E-state index contributed by atoms with van der Waals surface area (Å²) in [6.45, 7) is 0. The molecular weight excluding hydrogens is 443 g/mol. The first-order valence-corrected chi connectivity index (χ1v) is 12.2. The highest BCUT2D eigenvalue weighted by molar-refractivity contribution is 7.92. The summed E-state index contributed by atoms with van der Waals surface area (Å²) in [7, 11) is -3.41. The van der Waals surface area contributed by atoms with Gasteiger partial charge in [0.15, 0.2) is 21.4 Å². The molecule has 8 heteroatoms. The second-order valence-electron chi connectivity index (χ2n) is 7.78. The maximum absolute atomic E-state index is 14.4. The van der Waals surface area contributed by atoms with Crippen molar-refractivity contribution in [3.63, 3.8) is 0 Å². The number of halogens is 1. The number of pyridine rings is 1. The van der Waals surface area contributed by atoms with E-state index in [0.717, 1.165) is 12.8 Å². The van der Waals surface area contributed by atoms with Gasteiger partial charge in [-0.3, -0.25) is 9.78 Å². The average molecular weight is 467 g/mol. The van der Waals surface area contributed by atoms with Gasteiger partial charge >= 0.3 is 0 Å². The van der Waals surface area contributed by atoms with Gasteiger partial charge in [-0.15, -0.1) is 0 Å². The van der Waals surface area contributed by atoms with Gasteiger partial charge in [0.2, 0.25) is 5.91 Å². The summed E-state index contributed by atoms with van der Waals surface area (Å²) < 4.78 is 45.4. The molecule has 1 aliphatic rings. The summed E-state index contributed by atoms with van der Waals surface area (Å²) in [6, 6.07) is 14.0. The standard InChI is InChI=1S/C25H23FN2O4S/c26-23-15-18(10-12-24(23)32-20-6-4-14-27-17-20)11-13-25(29)28-19-5-3-9-22(16-19)33(30,31)21-7-1-2-8-21/h3-6,9-17,21H,1-2,7-8H2,(H,28,29)/b13-11+. The normalized spacial score (nSPS) is 14.5. The number of nitrogens with one attached hydrogen (secondary N) is 1. The molecule has 3 aromatic rings. The van der Waals surface area contributed by atoms with E-state index in [1.54, 1.807) is 42.6 Å². The number of ether oxygens (including phenoxy) is 1. The van der Waals surface area contributed by atoms with Crippen LogP contribution in [0.5, 0.6) is 11.5 Å². The van der Waals surface area contributed by atoms with Crippen LogP contribution in [0, 0.1) is 5.82 Å². The fourth-order valence-corrected chi connectivity index (χ4v) is 5.63. The summed E-state index contributed by atoms with van der Waals surface area (Å²) in [5.41, 5.74) is 0.855. The summed E-state index contributed by atoms with van der Waals surface area (Å²) in [6.07, 6.45) is 8.97. The molecule has 0 saturated heterocycles. The predicted octanol–water partition coefficient (Wildman–Crippen LogP) is 5.38. The Morgan fingerprint density at radius 2 is 1.91 bits per heavy atom. The molecule has 170 valence electrons. The van der Waals surface area contributed by atoms with E-state index >= 15 is 0 Å². The molecular formula is C25H23FN2O4S. The summed E-state index contributed by atoms with van der Waals surface area (Å²) in [5, 5.41) is 2.30. The summed E-state index contributed by atoms with van der Waals surface area (Å²) >= 11 is 0. The van der Waals surface area contributed by atoms with E-state index in [1.807, 2.05) is 0 Å². The van der Waals surface area contributed by atoms with E-state index in [9.17, 15) is 17.6 Å². The van der Waals surface area contributed by atoms with Crippen molar-refractivity contribution in [1.82, 2.24) is 4.98 Å². The van der Waals surface area contributed by atoms with Gasteiger partial charge in [-0.25, -0.2) is 12.8 Å². The number of carbonyl (C=O) groups excluding carboxylic acids is 1. The SMILES string of the molecule is O=C(/C=C/c1ccc(Oc2cccnc2)c(F)c1)Nc1cccc(S(=O)(=O)C2CCCC2)c1. The van der Waals surface area contributed by atoms with Crippen LogP contribution in [0.25, 0.3) is 6.08 Å². The zero-order valence-electron chi connectivity index (χ0n) is 17.8. The van der Waals surface area contributed by atoms with Gasteiger partial charge in [0.05, 0.1) is 16.3 Å². The number of hydrogen-bond acceptors (Lipinski definition) is 5. The summed E-state index contributed by atoms with van der Waals surface area (Å²) in [5.74, 6) is -0.575. The Morgan fingerprint density at radius 1 is 1.09 bits per heavy atom. The summed E-state index contributed by atoms with van der Waals surface area (Å²) in [4.78, 5) is 16.4. The van der Waals surface area contributed by atoms with Gasteiger partial charge in [-0.1, -0.05) is 25.0 Å². The molecule has 1 N–H and O–H groups in total. The van der Waals surface area contributed by atoms with Gasteiger partial charge < -0.3 is 10.1 Å². The van der Waals surface area contributed by atoms with Crippen LogP contribution in [0.2, 0.25) is 0 Å². The molecule has 33 heavy (non-hydrogen) atoms. The Balaban J connectivity index is 1.41. The second-order valence-corrected chi connectivity index (χ2v) is 10.0. The van der Waals surface area contributed by atoms with Crippen molar-refractivity contribution < 1.29 is 22.3 Å². The van der Waals surface area contributed by atoms with Crippen LogP contribution in [0.4, 0.5) is 10.1 Å². The first kappa shape index (κ1) is 22.7. The Morgan fingerprint density at radius 3 is 2.64 bits per heavy atom. The first-order chi connectivity index (χ1) is 15.9. The van der Waals surface area contributed by atoms with Crippen molar-refractivity contribution in [3.8, 4) is 11.5 Å². The van der Waals surface area contributed by atoms with Crippen LogP contribution in [-0.2, 0) is 14.6 Å². The van der Waals surface area contributed by atoms with Crippen LogP contribution in [0.1, 0.15) is 31.2 Å². The molecule has 0 radical (unpaired) electrons. The number of sulfone groups is 1. The zero-order valence-corrected chi connectivity index (χ0v) is 18.6. The Bertz CT molecular complexity index is 1270. The number of aromatic nitrogens is 1. The third kappa shape index (κ3) is 5.64. The lowest BCUT2D eigenvalue weighted by Crippen LogP contribution is -2.18. The number of hydrogen-bond donors (Lipinski definition) is 1. The van der Waals surface area contributed by atoms with E-state index < -0.39 is 21.6 Å². The Kier molecular flexibility index (Phi) is 6.84. The quantitative estimate of drug-likeness (QED) is 0.473. The molecule has 0 spiro atoms. The first-order valence-electron chi connectivity index (χ1n) is 10.6. The van der Waals surface area contributed by atoms with Crippen molar-refractivity contribution >= 4 is 27.5 Å². The van der Waals surface area contributed by atoms with Gasteiger partial charge in [0.1, 0.15) is 5.75 Å². The predicted molar refractivity (Wildman–Crippen MR) is 124 cm³/mol. The van der Waals surface area contributed by atoms with Crippen LogP contribution in [-0.4, -0.2) is 24.6 Å². The van der Waals surface area contributed by atoms with E-state index in [1.165, 1.54) is 36.5 Å². The molecule has 0 atom stereocenters. The molecule has 1 fully saturated rings. The number of anilines is 1. The van der Waals surface area contributed by atoms with Crippen molar-refractivity contribution in [2.24, 2.45) is 0 Å². The minimum atomic E-state index is -3.41. The number of nitrogens with zero attached hydrogens (tertiary/aromatic N) is 1. The molecule has 0 aliphatic heterocycles. The molecule has 0 unspecified atom stereocenters. The van der Waals surface area contributed by atoms with Crippen LogP contribution in [0.3, 0.4) is 0 Å². The van der Waals surface area contributed by atoms with Crippen molar-refractivity contribution in [3.05, 3.63) is 84.4 Å². The van der Waals surface area contributed by atoms with Crippen molar-refractivity contribution in [2.75, 3.05) is 5.32 Å². The minimum absolute atomic E-state index is 0.0462. The average Bonchev–Trinajstić information content (AvgIpc) is 3.36.